The van der Waals surface area contributed by atoms with E-state index in [0.717, 1.165) is 22.3 Å². The Morgan fingerprint density at radius 1 is 0.914 bits per heavy atom. The third kappa shape index (κ3) is 5.50. The van der Waals surface area contributed by atoms with Gasteiger partial charge in [-0.05, 0) is 33.9 Å². The average molecular weight is 475 g/mol. The van der Waals surface area contributed by atoms with Gasteiger partial charge in [-0.15, -0.1) is 0 Å². The SMILES string of the molecule is COCC(NC(=O)OCC1c2ccccc2-c2ccccc21)C(=O)Nc1ccccc1CC(=O)O. The molecule has 1 unspecified atom stereocenters. The standard InChI is InChI=1S/C27H26N2O6/c1-34-16-24(26(32)28-23-13-7-2-8-17(23)14-25(30)31)29-27(33)35-15-22-20-11-5-3-9-18(20)19-10-4-6-12-21(19)22/h2-13,22,24H,14-16H2,1H3,(H,28,32)(H,29,33)(H,30,31). The van der Waals surface area contributed by atoms with Crippen LogP contribution in [0.15, 0.2) is 72.8 Å². The maximum atomic E-state index is 12.9. The second-order valence-electron chi connectivity index (χ2n) is 8.19. The predicted molar refractivity (Wildman–Crippen MR) is 130 cm³/mol. The van der Waals surface area contributed by atoms with Crippen LogP contribution in [0.5, 0.6) is 0 Å². The molecule has 1 aliphatic rings. The van der Waals surface area contributed by atoms with Gasteiger partial charge < -0.3 is 25.2 Å². The van der Waals surface area contributed by atoms with Gasteiger partial charge in [-0.3, -0.25) is 9.59 Å². The number of hydrogen-bond donors (Lipinski definition) is 3. The fourth-order valence-electron chi connectivity index (χ4n) is 4.31. The van der Waals surface area contributed by atoms with Crippen molar-refractivity contribution in [2.45, 2.75) is 18.4 Å². The molecule has 0 saturated carbocycles. The lowest BCUT2D eigenvalue weighted by Crippen LogP contribution is -2.47. The summed E-state index contributed by atoms with van der Waals surface area (Å²) >= 11 is 0. The molecule has 8 heteroatoms. The highest BCUT2D eigenvalue weighted by Crippen LogP contribution is 2.44. The molecule has 0 bridgehead atoms. The lowest BCUT2D eigenvalue weighted by molar-refractivity contribution is -0.136. The number of anilines is 1. The quantitative estimate of drug-likeness (QED) is 0.435. The number of para-hydroxylation sites is 1. The second kappa shape index (κ2) is 10.8. The third-order valence-electron chi connectivity index (χ3n) is 5.90. The van der Waals surface area contributed by atoms with Crippen molar-refractivity contribution in [1.82, 2.24) is 5.32 Å². The molecule has 0 aliphatic heterocycles. The average Bonchev–Trinajstić information content (AvgIpc) is 3.17. The summed E-state index contributed by atoms with van der Waals surface area (Å²) < 4.78 is 10.6. The van der Waals surface area contributed by atoms with Crippen molar-refractivity contribution in [3.05, 3.63) is 89.5 Å². The summed E-state index contributed by atoms with van der Waals surface area (Å²) in [4.78, 5) is 36.6. The maximum absolute atomic E-state index is 12.9. The molecule has 0 fully saturated rings. The van der Waals surface area contributed by atoms with Gasteiger partial charge in [0.2, 0.25) is 5.91 Å². The zero-order chi connectivity index (χ0) is 24.8. The molecule has 0 aromatic heterocycles. The van der Waals surface area contributed by atoms with Gasteiger partial charge >= 0.3 is 12.1 Å². The summed E-state index contributed by atoms with van der Waals surface area (Å²) in [5.74, 6) is -1.67. The van der Waals surface area contributed by atoms with Crippen molar-refractivity contribution < 1.29 is 29.0 Å². The van der Waals surface area contributed by atoms with Crippen LogP contribution in [0.1, 0.15) is 22.6 Å². The molecule has 0 heterocycles. The van der Waals surface area contributed by atoms with Gasteiger partial charge in [0.15, 0.2) is 0 Å². The summed E-state index contributed by atoms with van der Waals surface area (Å²) in [6, 6.07) is 21.6. The van der Waals surface area contributed by atoms with Crippen LogP contribution in [0.2, 0.25) is 0 Å². The van der Waals surface area contributed by atoms with E-state index in [0.29, 0.717) is 11.3 Å². The number of hydrogen-bond acceptors (Lipinski definition) is 5. The van der Waals surface area contributed by atoms with Gasteiger partial charge in [-0.25, -0.2) is 4.79 Å². The monoisotopic (exact) mass is 474 g/mol. The largest absolute Gasteiger partial charge is 0.481 e. The lowest BCUT2D eigenvalue weighted by Gasteiger charge is -2.20. The van der Waals surface area contributed by atoms with Crippen LogP contribution >= 0.6 is 0 Å². The number of carboxylic acids is 1. The number of methoxy groups -OCH3 is 1. The maximum Gasteiger partial charge on any atom is 0.407 e. The first-order chi connectivity index (χ1) is 17.0. The van der Waals surface area contributed by atoms with Gasteiger partial charge in [0, 0.05) is 18.7 Å². The van der Waals surface area contributed by atoms with E-state index in [4.69, 9.17) is 14.6 Å². The van der Waals surface area contributed by atoms with E-state index in [1.54, 1.807) is 24.3 Å². The van der Waals surface area contributed by atoms with Crippen LogP contribution < -0.4 is 10.6 Å². The number of amides is 2. The molecular weight excluding hydrogens is 448 g/mol. The Morgan fingerprint density at radius 2 is 1.51 bits per heavy atom. The molecule has 35 heavy (non-hydrogen) atoms. The van der Waals surface area contributed by atoms with E-state index in [1.165, 1.54) is 7.11 Å². The van der Waals surface area contributed by atoms with E-state index < -0.39 is 24.0 Å². The third-order valence-corrected chi connectivity index (χ3v) is 5.90. The Kier molecular flexibility index (Phi) is 7.42. The van der Waals surface area contributed by atoms with Crippen LogP contribution in [0, 0.1) is 0 Å². The molecule has 1 atom stereocenters. The topological polar surface area (TPSA) is 114 Å². The molecule has 0 saturated heterocycles. The molecular formula is C27H26N2O6. The van der Waals surface area contributed by atoms with Crippen molar-refractivity contribution in [2.75, 3.05) is 25.6 Å². The minimum Gasteiger partial charge on any atom is -0.481 e. The first-order valence-corrected chi connectivity index (χ1v) is 11.2. The zero-order valence-corrected chi connectivity index (χ0v) is 19.2. The van der Waals surface area contributed by atoms with E-state index >= 15 is 0 Å². The van der Waals surface area contributed by atoms with E-state index in [9.17, 15) is 14.4 Å². The van der Waals surface area contributed by atoms with Gasteiger partial charge in [0.05, 0.1) is 13.0 Å². The van der Waals surface area contributed by atoms with Crippen LogP contribution in [0.3, 0.4) is 0 Å². The Morgan fingerprint density at radius 3 is 2.14 bits per heavy atom. The number of benzene rings is 3. The van der Waals surface area contributed by atoms with Crippen molar-refractivity contribution in [3.63, 3.8) is 0 Å². The van der Waals surface area contributed by atoms with Crippen LogP contribution in [0.25, 0.3) is 11.1 Å². The number of ether oxygens (including phenoxy) is 2. The fraction of sp³-hybridized carbons (Fsp3) is 0.222. The van der Waals surface area contributed by atoms with E-state index in [-0.39, 0.29) is 25.6 Å². The summed E-state index contributed by atoms with van der Waals surface area (Å²) in [7, 11) is 1.41. The number of aliphatic carboxylic acids is 1. The van der Waals surface area contributed by atoms with Crippen LogP contribution in [0.4, 0.5) is 10.5 Å². The number of carbonyl (C=O) groups is 3. The summed E-state index contributed by atoms with van der Waals surface area (Å²) in [6.07, 6.45) is -0.992. The number of fused-ring (bicyclic) bond motifs is 3. The highest BCUT2D eigenvalue weighted by molar-refractivity contribution is 5.97. The smallest absolute Gasteiger partial charge is 0.407 e. The van der Waals surface area contributed by atoms with Gasteiger partial charge in [-0.2, -0.15) is 0 Å². The Labute approximate surface area is 202 Å². The Balaban J connectivity index is 1.41. The first kappa shape index (κ1) is 24.0. The minimum atomic E-state index is -1.03. The Hall–Kier alpha value is -4.17. The number of carboxylic acid groups (broad SMARTS) is 1. The van der Waals surface area contributed by atoms with Crippen molar-refractivity contribution in [3.8, 4) is 11.1 Å². The molecule has 180 valence electrons. The molecule has 2 amide bonds. The highest BCUT2D eigenvalue weighted by Gasteiger charge is 2.30. The van der Waals surface area contributed by atoms with Crippen molar-refractivity contribution >= 4 is 23.7 Å². The van der Waals surface area contributed by atoms with Crippen LogP contribution in [-0.2, 0) is 25.5 Å². The normalized spacial score (nSPS) is 12.8. The molecule has 0 spiro atoms. The van der Waals surface area contributed by atoms with Gasteiger partial charge in [-0.1, -0.05) is 66.7 Å². The molecule has 3 N–H and O–H groups in total. The van der Waals surface area contributed by atoms with E-state index in [1.807, 2.05) is 36.4 Å². The summed E-state index contributed by atoms with van der Waals surface area (Å²) in [5, 5.41) is 14.3. The molecule has 4 rings (SSSR count). The van der Waals surface area contributed by atoms with Crippen LogP contribution in [-0.4, -0.2) is 49.4 Å². The Bertz CT molecular complexity index is 1200. The van der Waals surface area contributed by atoms with Gasteiger partial charge in [0.1, 0.15) is 12.6 Å². The zero-order valence-electron chi connectivity index (χ0n) is 19.2. The first-order valence-electron chi connectivity index (χ1n) is 11.2. The van der Waals surface area contributed by atoms with Crippen molar-refractivity contribution in [1.29, 1.82) is 0 Å². The molecule has 3 aromatic carbocycles. The highest BCUT2D eigenvalue weighted by atomic mass is 16.5. The number of rotatable bonds is 9. The second-order valence-corrected chi connectivity index (χ2v) is 8.19. The van der Waals surface area contributed by atoms with Crippen molar-refractivity contribution in [2.24, 2.45) is 0 Å². The summed E-state index contributed by atoms with van der Waals surface area (Å²) in [6.45, 7) is 0.0275. The molecule has 0 radical (unpaired) electrons. The predicted octanol–water partition coefficient (Wildman–Crippen LogP) is 3.81. The molecule has 1 aliphatic carbocycles. The molecule has 3 aromatic rings. The number of nitrogens with one attached hydrogen (secondary N) is 2. The number of alkyl carbamates (subject to hydrolysis) is 1. The molecule has 8 nitrogen and oxygen atoms in total. The fourth-order valence-corrected chi connectivity index (χ4v) is 4.31. The summed E-state index contributed by atoms with van der Waals surface area (Å²) in [5.41, 5.74) is 5.22. The number of carbonyl (C=O) groups excluding carboxylic acids is 2. The van der Waals surface area contributed by atoms with Gasteiger partial charge in [0.25, 0.3) is 0 Å². The lowest BCUT2D eigenvalue weighted by atomic mass is 9.98. The minimum absolute atomic E-state index is 0.0862. The van der Waals surface area contributed by atoms with E-state index in [2.05, 4.69) is 22.8 Å².